The van der Waals surface area contributed by atoms with Gasteiger partial charge < -0.3 is 15.0 Å². The van der Waals surface area contributed by atoms with E-state index in [4.69, 9.17) is 0 Å². The van der Waals surface area contributed by atoms with E-state index >= 15 is 0 Å². The van der Waals surface area contributed by atoms with Crippen LogP contribution < -0.4 is 5.32 Å². The fraction of sp³-hybridized carbons (Fsp3) is 0.533. The van der Waals surface area contributed by atoms with Gasteiger partial charge in [0.2, 0.25) is 0 Å². The highest BCUT2D eigenvalue weighted by atomic mass is 35.5. The van der Waals surface area contributed by atoms with Gasteiger partial charge in [0.05, 0.1) is 17.9 Å². The van der Waals surface area contributed by atoms with Crippen LogP contribution >= 0.6 is 24.8 Å². The van der Waals surface area contributed by atoms with Gasteiger partial charge in [-0.25, -0.2) is 9.37 Å². The third-order valence-corrected chi connectivity index (χ3v) is 4.06. The molecule has 1 fully saturated rings. The third-order valence-electron chi connectivity index (χ3n) is 4.06. The van der Waals surface area contributed by atoms with Gasteiger partial charge in [-0.05, 0) is 44.4 Å². The van der Waals surface area contributed by atoms with Gasteiger partial charge in [-0.1, -0.05) is 6.07 Å². The summed E-state index contributed by atoms with van der Waals surface area (Å²) >= 11 is 0. The highest BCUT2D eigenvalue weighted by Gasteiger charge is 2.21. The first-order valence-electron chi connectivity index (χ1n) is 7.26. The fourth-order valence-electron chi connectivity index (χ4n) is 2.94. The number of rotatable bonds is 4. The van der Waals surface area contributed by atoms with Gasteiger partial charge in [0.1, 0.15) is 5.52 Å². The summed E-state index contributed by atoms with van der Waals surface area (Å²) in [5.41, 5.74) is 1.27. The van der Waals surface area contributed by atoms with Crippen molar-refractivity contribution in [3.05, 3.63) is 30.3 Å². The van der Waals surface area contributed by atoms with Crippen molar-refractivity contribution in [3.8, 4) is 0 Å². The molecule has 1 aromatic heterocycles. The summed E-state index contributed by atoms with van der Waals surface area (Å²) in [4.78, 5) is 4.12. The number of halogens is 3. The first kappa shape index (κ1) is 19.2. The maximum Gasteiger partial charge on any atom is 0.151 e. The predicted octanol–water partition coefficient (Wildman–Crippen LogP) is 2.91. The van der Waals surface area contributed by atoms with E-state index in [0.29, 0.717) is 5.52 Å². The molecule has 3 rings (SSSR count). The van der Waals surface area contributed by atoms with Gasteiger partial charge >= 0.3 is 0 Å². The summed E-state index contributed by atoms with van der Waals surface area (Å²) < 4.78 is 15.5. The Hall–Kier alpha value is -0.880. The van der Waals surface area contributed by atoms with Crippen LogP contribution in [0.3, 0.4) is 0 Å². The van der Waals surface area contributed by atoms with Crippen molar-refractivity contribution in [3.63, 3.8) is 0 Å². The molecular weight excluding hydrogens is 328 g/mol. The molecule has 0 amide bonds. The normalized spacial score (nSPS) is 21.2. The number of aryl methyl sites for hydroxylation is 1. The molecule has 2 aromatic rings. The summed E-state index contributed by atoms with van der Waals surface area (Å²) in [6.07, 6.45) is 5.26. The molecule has 0 saturated carbocycles. The van der Waals surface area contributed by atoms with Crippen LogP contribution in [0.4, 0.5) is 4.39 Å². The average molecular weight is 350 g/mol. The number of para-hydroxylation sites is 1. The van der Waals surface area contributed by atoms with Gasteiger partial charge in [0, 0.05) is 12.6 Å². The van der Waals surface area contributed by atoms with Crippen LogP contribution in [0.2, 0.25) is 0 Å². The van der Waals surface area contributed by atoms with Crippen LogP contribution in [0.25, 0.3) is 11.0 Å². The van der Waals surface area contributed by atoms with E-state index in [9.17, 15) is 9.50 Å². The number of aromatic nitrogens is 2. The van der Waals surface area contributed by atoms with Crippen molar-refractivity contribution < 1.29 is 9.50 Å². The third kappa shape index (κ3) is 4.10. The highest BCUT2D eigenvalue weighted by molar-refractivity contribution is 5.85. The molecule has 124 valence electrons. The van der Waals surface area contributed by atoms with E-state index < -0.39 is 0 Å². The van der Waals surface area contributed by atoms with Crippen LogP contribution in [-0.2, 0) is 6.54 Å². The minimum atomic E-state index is -0.273. The smallest absolute Gasteiger partial charge is 0.151 e. The van der Waals surface area contributed by atoms with Gasteiger partial charge in [-0.3, -0.25) is 0 Å². The first-order valence-corrected chi connectivity index (χ1v) is 7.26. The number of piperidine rings is 1. The quantitative estimate of drug-likeness (QED) is 0.892. The van der Waals surface area contributed by atoms with Crippen LogP contribution in [-0.4, -0.2) is 33.3 Å². The second-order valence-electron chi connectivity index (χ2n) is 5.46. The maximum atomic E-state index is 13.5. The van der Waals surface area contributed by atoms with Crippen molar-refractivity contribution in [2.45, 2.75) is 44.4 Å². The summed E-state index contributed by atoms with van der Waals surface area (Å²) in [7, 11) is 0. The summed E-state index contributed by atoms with van der Waals surface area (Å²) in [5.74, 6) is -0.273. The number of nitrogens with one attached hydrogen (secondary N) is 1. The second kappa shape index (κ2) is 8.67. The summed E-state index contributed by atoms with van der Waals surface area (Å²) in [6, 6.07) is 5.22. The Bertz CT molecular complexity index is 593. The average Bonchev–Trinajstić information content (AvgIpc) is 2.86. The van der Waals surface area contributed by atoms with Gasteiger partial charge in [-0.2, -0.15) is 0 Å². The van der Waals surface area contributed by atoms with E-state index in [1.165, 1.54) is 6.07 Å². The lowest BCUT2D eigenvalue weighted by Gasteiger charge is -2.29. The molecule has 0 unspecified atom stereocenters. The van der Waals surface area contributed by atoms with E-state index in [1.54, 1.807) is 12.4 Å². The number of hydrogen-bond acceptors (Lipinski definition) is 3. The lowest BCUT2D eigenvalue weighted by molar-refractivity contribution is 0.0909. The van der Waals surface area contributed by atoms with Crippen molar-refractivity contribution in [1.29, 1.82) is 0 Å². The van der Waals surface area contributed by atoms with Crippen molar-refractivity contribution in [2.24, 2.45) is 0 Å². The Labute approximate surface area is 141 Å². The van der Waals surface area contributed by atoms with Crippen LogP contribution in [0.1, 0.15) is 25.7 Å². The zero-order chi connectivity index (χ0) is 13.9. The van der Waals surface area contributed by atoms with Gasteiger partial charge in [0.25, 0.3) is 0 Å². The molecule has 0 spiro atoms. The molecule has 1 saturated heterocycles. The van der Waals surface area contributed by atoms with Gasteiger partial charge in [-0.15, -0.1) is 24.8 Å². The molecule has 1 aliphatic heterocycles. The number of benzene rings is 1. The number of aliphatic hydroxyl groups excluding tert-OH is 1. The molecular formula is C15H22Cl2FN3O. The lowest BCUT2D eigenvalue weighted by Crippen LogP contribution is -2.44. The molecule has 1 aromatic carbocycles. The molecule has 0 bridgehead atoms. The van der Waals surface area contributed by atoms with Crippen molar-refractivity contribution in [2.75, 3.05) is 6.54 Å². The molecule has 7 heteroatoms. The largest absolute Gasteiger partial charge is 0.392 e. The Kier molecular flexibility index (Phi) is 7.56. The zero-order valence-electron chi connectivity index (χ0n) is 12.2. The SMILES string of the molecule is Cl.Cl.O[C@H]1CCCN[C@@H]1CCCn1cnc2c(F)cccc21. The second-order valence-corrected chi connectivity index (χ2v) is 5.46. The van der Waals surface area contributed by atoms with E-state index in [0.717, 1.165) is 44.3 Å². The summed E-state index contributed by atoms with van der Waals surface area (Å²) in [5, 5.41) is 13.3. The van der Waals surface area contributed by atoms with Gasteiger partial charge in [0.15, 0.2) is 5.82 Å². The fourth-order valence-corrected chi connectivity index (χ4v) is 2.94. The first-order chi connectivity index (χ1) is 9.75. The number of hydrogen-bond donors (Lipinski definition) is 2. The Morgan fingerprint density at radius 2 is 2.18 bits per heavy atom. The van der Waals surface area contributed by atoms with Crippen LogP contribution in [0.5, 0.6) is 0 Å². The molecule has 2 atom stereocenters. The Balaban J connectivity index is 0.00000121. The van der Waals surface area contributed by atoms with E-state index in [2.05, 4.69) is 10.3 Å². The van der Waals surface area contributed by atoms with Crippen LogP contribution in [0.15, 0.2) is 24.5 Å². The molecule has 1 aliphatic rings. The molecule has 2 N–H and O–H groups in total. The molecule has 22 heavy (non-hydrogen) atoms. The number of fused-ring (bicyclic) bond motifs is 1. The molecule has 0 radical (unpaired) electrons. The van der Waals surface area contributed by atoms with E-state index in [1.807, 2.05) is 10.6 Å². The number of imidazole rings is 1. The minimum Gasteiger partial charge on any atom is -0.392 e. The minimum absolute atomic E-state index is 0. The van der Waals surface area contributed by atoms with Crippen LogP contribution in [0, 0.1) is 5.82 Å². The molecule has 4 nitrogen and oxygen atoms in total. The summed E-state index contributed by atoms with van der Waals surface area (Å²) in [6.45, 7) is 1.78. The lowest BCUT2D eigenvalue weighted by atomic mass is 9.97. The predicted molar refractivity (Wildman–Crippen MR) is 90.5 cm³/mol. The van der Waals surface area contributed by atoms with Crippen molar-refractivity contribution in [1.82, 2.24) is 14.9 Å². The number of nitrogens with zero attached hydrogens (tertiary/aromatic N) is 2. The zero-order valence-corrected chi connectivity index (χ0v) is 13.9. The number of aliphatic hydroxyl groups is 1. The maximum absolute atomic E-state index is 13.5. The highest BCUT2D eigenvalue weighted by Crippen LogP contribution is 2.18. The monoisotopic (exact) mass is 349 g/mol. The molecule has 2 heterocycles. The van der Waals surface area contributed by atoms with Crippen molar-refractivity contribution >= 4 is 35.8 Å². The Morgan fingerprint density at radius 1 is 1.36 bits per heavy atom. The van der Waals surface area contributed by atoms with E-state index in [-0.39, 0.29) is 42.8 Å². The standard InChI is InChI=1S/C15H20FN3O.2ClH/c16-11-4-1-6-13-15(11)18-10-19(13)9-3-5-12-14(20)7-2-8-17-12;;/h1,4,6,10,12,14,17,20H,2-3,5,7-9H2;2*1H/t12-,14+;;/m1../s1. The Morgan fingerprint density at radius 3 is 2.95 bits per heavy atom. The molecule has 0 aliphatic carbocycles. The topological polar surface area (TPSA) is 50.1 Å².